The first-order valence-corrected chi connectivity index (χ1v) is 8.06. The molecule has 0 spiro atoms. The van der Waals surface area contributed by atoms with Gasteiger partial charge in [-0.3, -0.25) is 9.69 Å². The van der Waals surface area contributed by atoms with Crippen molar-refractivity contribution >= 4 is 23.2 Å². The molecule has 0 unspecified atom stereocenters. The maximum absolute atomic E-state index is 11.3. The highest BCUT2D eigenvalue weighted by molar-refractivity contribution is 6.33. The summed E-state index contributed by atoms with van der Waals surface area (Å²) in [5.74, 6) is -0.0500. The molecule has 1 N–H and O–H groups in total. The smallest absolute Gasteiger partial charge is 0.245 e. The van der Waals surface area contributed by atoms with Crippen LogP contribution < -0.4 is 10.2 Å². The fourth-order valence-corrected chi connectivity index (χ4v) is 2.89. The molecule has 6 heteroatoms. The van der Waals surface area contributed by atoms with Gasteiger partial charge in [-0.05, 0) is 25.1 Å². The molecule has 122 valence electrons. The maximum atomic E-state index is 11.3. The SMILES string of the molecule is COCC(=O)NCCCN1CCN(c2ccccc2Cl)CC1. The van der Waals surface area contributed by atoms with Crippen LogP contribution in [-0.2, 0) is 9.53 Å². The second kappa shape index (κ2) is 8.98. The lowest BCUT2D eigenvalue weighted by atomic mass is 10.2. The van der Waals surface area contributed by atoms with Gasteiger partial charge in [-0.15, -0.1) is 0 Å². The zero-order chi connectivity index (χ0) is 15.8. The summed E-state index contributed by atoms with van der Waals surface area (Å²) >= 11 is 6.25. The van der Waals surface area contributed by atoms with E-state index < -0.39 is 0 Å². The number of rotatable bonds is 7. The first-order chi connectivity index (χ1) is 10.7. The van der Waals surface area contributed by atoms with Gasteiger partial charge >= 0.3 is 0 Å². The molecular formula is C16H24ClN3O2. The Kier molecular flexibility index (Phi) is 6.96. The summed E-state index contributed by atoms with van der Waals surface area (Å²) in [6, 6.07) is 7.99. The number of methoxy groups -OCH3 is 1. The van der Waals surface area contributed by atoms with E-state index >= 15 is 0 Å². The standard InChI is InChI=1S/C16H24ClN3O2/c1-22-13-16(21)18-7-4-8-19-9-11-20(12-10-19)15-6-3-2-5-14(15)17/h2-3,5-6H,4,7-13H2,1H3,(H,18,21). The molecule has 0 radical (unpaired) electrons. The quantitative estimate of drug-likeness (QED) is 0.774. The van der Waals surface area contributed by atoms with E-state index in [4.69, 9.17) is 16.3 Å². The van der Waals surface area contributed by atoms with Gasteiger partial charge in [0.15, 0.2) is 0 Å². The summed E-state index contributed by atoms with van der Waals surface area (Å²) in [4.78, 5) is 16.0. The maximum Gasteiger partial charge on any atom is 0.245 e. The highest BCUT2D eigenvalue weighted by Gasteiger charge is 2.18. The van der Waals surface area contributed by atoms with E-state index in [1.165, 1.54) is 7.11 Å². The molecule has 1 aliphatic rings. The minimum atomic E-state index is -0.0500. The van der Waals surface area contributed by atoms with Crippen LogP contribution in [0.5, 0.6) is 0 Å². The van der Waals surface area contributed by atoms with Crippen LogP contribution in [0.3, 0.4) is 0 Å². The Balaban J connectivity index is 1.65. The second-order valence-electron chi connectivity index (χ2n) is 5.42. The zero-order valence-electron chi connectivity index (χ0n) is 13.1. The van der Waals surface area contributed by atoms with Crippen molar-refractivity contribution in [1.29, 1.82) is 0 Å². The van der Waals surface area contributed by atoms with Gasteiger partial charge in [0, 0.05) is 39.8 Å². The van der Waals surface area contributed by atoms with Crippen LogP contribution in [0, 0.1) is 0 Å². The van der Waals surface area contributed by atoms with Crippen LogP contribution in [0.25, 0.3) is 0 Å². The van der Waals surface area contributed by atoms with Gasteiger partial charge in [0.05, 0.1) is 10.7 Å². The van der Waals surface area contributed by atoms with Gasteiger partial charge < -0.3 is 15.0 Å². The third-order valence-electron chi connectivity index (χ3n) is 3.81. The van der Waals surface area contributed by atoms with Gasteiger partial charge in [-0.25, -0.2) is 0 Å². The number of nitrogens with zero attached hydrogens (tertiary/aromatic N) is 2. The predicted molar refractivity (Wildman–Crippen MR) is 89.6 cm³/mol. The molecule has 1 heterocycles. The summed E-state index contributed by atoms with van der Waals surface area (Å²) in [5.41, 5.74) is 1.12. The number of anilines is 1. The molecule has 2 rings (SSSR count). The topological polar surface area (TPSA) is 44.8 Å². The third kappa shape index (κ3) is 5.16. The number of para-hydroxylation sites is 1. The van der Waals surface area contributed by atoms with Crippen LogP contribution >= 0.6 is 11.6 Å². The van der Waals surface area contributed by atoms with E-state index in [9.17, 15) is 4.79 Å². The highest BCUT2D eigenvalue weighted by atomic mass is 35.5. The van der Waals surface area contributed by atoms with Crippen molar-refractivity contribution in [2.75, 3.05) is 57.9 Å². The van der Waals surface area contributed by atoms with E-state index in [-0.39, 0.29) is 12.5 Å². The summed E-state index contributed by atoms with van der Waals surface area (Å²) in [6.45, 7) is 5.86. The van der Waals surface area contributed by atoms with E-state index in [0.717, 1.165) is 49.9 Å². The van der Waals surface area contributed by atoms with Crippen LogP contribution in [0.4, 0.5) is 5.69 Å². The van der Waals surface area contributed by atoms with Gasteiger partial charge in [-0.2, -0.15) is 0 Å². The van der Waals surface area contributed by atoms with E-state index in [1.807, 2.05) is 18.2 Å². The number of piperazine rings is 1. The number of carbonyl (C=O) groups excluding carboxylic acids is 1. The monoisotopic (exact) mass is 325 g/mol. The van der Waals surface area contributed by atoms with Gasteiger partial charge in [0.1, 0.15) is 6.61 Å². The number of halogens is 1. The lowest BCUT2D eigenvalue weighted by Crippen LogP contribution is -2.47. The number of ether oxygens (including phenoxy) is 1. The molecule has 1 aromatic carbocycles. The minimum absolute atomic E-state index is 0.0500. The van der Waals surface area contributed by atoms with Crippen LogP contribution in [0.2, 0.25) is 5.02 Å². The van der Waals surface area contributed by atoms with Crippen molar-refractivity contribution in [3.63, 3.8) is 0 Å². The van der Waals surface area contributed by atoms with Crippen LogP contribution in [-0.4, -0.2) is 63.8 Å². The summed E-state index contributed by atoms with van der Waals surface area (Å²) in [5, 5.41) is 3.66. The molecule has 1 fully saturated rings. The van der Waals surface area contributed by atoms with Gasteiger partial charge in [0.2, 0.25) is 5.91 Å². The molecule has 5 nitrogen and oxygen atoms in total. The fourth-order valence-electron chi connectivity index (χ4n) is 2.63. The number of benzene rings is 1. The van der Waals surface area contributed by atoms with Crippen molar-refractivity contribution in [3.05, 3.63) is 29.3 Å². The lowest BCUT2D eigenvalue weighted by molar-refractivity contribution is -0.124. The predicted octanol–water partition coefficient (Wildman–Crippen LogP) is 1.61. The van der Waals surface area contributed by atoms with Gasteiger partial charge in [0.25, 0.3) is 0 Å². The first kappa shape index (κ1) is 17.1. The summed E-state index contributed by atoms with van der Waals surface area (Å²) < 4.78 is 4.78. The van der Waals surface area contributed by atoms with Crippen LogP contribution in [0.15, 0.2) is 24.3 Å². The average Bonchev–Trinajstić information content (AvgIpc) is 2.53. The Morgan fingerprint density at radius 3 is 2.68 bits per heavy atom. The van der Waals surface area contributed by atoms with Crippen molar-refractivity contribution in [1.82, 2.24) is 10.2 Å². The minimum Gasteiger partial charge on any atom is -0.375 e. The number of carbonyl (C=O) groups is 1. The van der Waals surface area contributed by atoms with E-state index in [0.29, 0.717) is 6.54 Å². The summed E-state index contributed by atoms with van der Waals surface area (Å²) in [6.07, 6.45) is 0.960. The van der Waals surface area contributed by atoms with E-state index in [2.05, 4.69) is 21.2 Å². The Bertz CT molecular complexity index is 476. The molecule has 22 heavy (non-hydrogen) atoms. The molecule has 1 amide bonds. The summed E-state index contributed by atoms with van der Waals surface area (Å²) in [7, 11) is 1.53. The van der Waals surface area contributed by atoms with Crippen molar-refractivity contribution in [3.8, 4) is 0 Å². The molecule has 1 aliphatic heterocycles. The third-order valence-corrected chi connectivity index (χ3v) is 4.13. The number of hydrogen-bond donors (Lipinski definition) is 1. The van der Waals surface area contributed by atoms with Crippen molar-refractivity contribution in [2.45, 2.75) is 6.42 Å². The van der Waals surface area contributed by atoms with E-state index in [1.54, 1.807) is 0 Å². The molecule has 0 atom stereocenters. The Morgan fingerprint density at radius 2 is 2.00 bits per heavy atom. The molecule has 0 bridgehead atoms. The molecule has 1 aromatic rings. The van der Waals surface area contributed by atoms with Crippen molar-refractivity contribution < 1.29 is 9.53 Å². The molecular weight excluding hydrogens is 302 g/mol. The number of nitrogens with one attached hydrogen (secondary N) is 1. The Morgan fingerprint density at radius 1 is 1.27 bits per heavy atom. The Hall–Kier alpha value is -1.30. The first-order valence-electron chi connectivity index (χ1n) is 7.68. The van der Waals surface area contributed by atoms with Gasteiger partial charge in [-0.1, -0.05) is 23.7 Å². The molecule has 0 saturated carbocycles. The molecule has 1 saturated heterocycles. The zero-order valence-corrected chi connectivity index (χ0v) is 13.8. The molecule has 0 aliphatic carbocycles. The highest BCUT2D eigenvalue weighted by Crippen LogP contribution is 2.25. The number of hydrogen-bond acceptors (Lipinski definition) is 4. The Labute approximate surface area is 137 Å². The fraction of sp³-hybridized carbons (Fsp3) is 0.562. The number of amides is 1. The lowest BCUT2D eigenvalue weighted by Gasteiger charge is -2.36. The van der Waals surface area contributed by atoms with Crippen LogP contribution in [0.1, 0.15) is 6.42 Å². The average molecular weight is 326 g/mol. The normalized spacial score (nSPS) is 15.8. The van der Waals surface area contributed by atoms with Crippen molar-refractivity contribution in [2.24, 2.45) is 0 Å². The molecule has 0 aromatic heterocycles. The largest absolute Gasteiger partial charge is 0.375 e. The second-order valence-corrected chi connectivity index (χ2v) is 5.82.